The van der Waals surface area contributed by atoms with Gasteiger partial charge in [-0.15, -0.1) is 0 Å². The number of hydrogen-bond acceptors (Lipinski definition) is 5. The predicted octanol–water partition coefficient (Wildman–Crippen LogP) is 3.31. The van der Waals surface area contributed by atoms with Crippen LogP contribution in [-0.4, -0.2) is 28.9 Å². The average molecular weight is 436 g/mol. The molecule has 0 bridgehead atoms. The molecule has 31 heavy (non-hydrogen) atoms. The van der Waals surface area contributed by atoms with Crippen LogP contribution in [0.3, 0.4) is 0 Å². The van der Waals surface area contributed by atoms with E-state index in [4.69, 9.17) is 4.74 Å². The van der Waals surface area contributed by atoms with Gasteiger partial charge in [-0.3, -0.25) is 14.6 Å². The Labute approximate surface area is 184 Å². The first-order valence-corrected chi connectivity index (χ1v) is 11.2. The van der Waals surface area contributed by atoms with Crippen molar-refractivity contribution in [2.75, 3.05) is 17.8 Å². The molecule has 0 spiro atoms. The number of fused-ring (bicyclic) bond motifs is 3. The third-order valence-corrected chi connectivity index (χ3v) is 5.64. The first kappa shape index (κ1) is 20.9. The van der Waals surface area contributed by atoms with Gasteiger partial charge in [0.2, 0.25) is 11.1 Å². The Morgan fingerprint density at radius 1 is 1.29 bits per heavy atom. The van der Waals surface area contributed by atoms with E-state index in [1.54, 1.807) is 15.7 Å². The molecule has 0 saturated carbocycles. The molecule has 1 aliphatic heterocycles. The number of nitrogens with zero attached hydrogens (tertiary/aromatic N) is 3. The number of aromatic nitrogens is 3. The number of rotatable bonds is 6. The number of ether oxygens (including phenoxy) is 1. The van der Waals surface area contributed by atoms with Gasteiger partial charge in [0.25, 0.3) is 6.17 Å². The summed E-state index contributed by atoms with van der Waals surface area (Å²) in [5, 5.41) is 5.15. The molecule has 0 fully saturated rings. The molecular formula is C23H23N4O3S+. The molecule has 0 saturated heterocycles. The van der Waals surface area contributed by atoms with Crippen molar-refractivity contribution in [2.24, 2.45) is 0 Å². The molecule has 3 aromatic rings. The van der Waals surface area contributed by atoms with Crippen LogP contribution in [0.25, 0.3) is 11.3 Å². The van der Waals surface area contributed by atoms with Gasteiger partial charge in [0.1, 0.15) is 12.4 Å². The van der Waals surface area contributed by atoms with Gasteiger partial charge in [0, 0.05) is 17.1 Å². The van der Waals surface area contributed by atoms with E-state index in [9.17, 15) is 9.59 Å². The van der Waals surface area contributed by atoms with Crippen LogP contribution in [0.15, 0.2) is 71.1 Å². The molecule has 2 aromatic carbocycles. The topological polar surface area (TPSA) is 79.2 Å². The van der Waals surface area contributed by atoms with Crippen molar-refractivity contribution >= 4 is 23.4 Å². The van der Waals surface area contributed by atoms with Crippen LogP contribution >= 0.6 is 11.8 Å². The molecule has 1 aromatic heterocycles. The molecule has 8 heteroatoms. The van der Waals surface area contributed by atoms with E-state index in [1.165, 1.54) is 11.8 Å². The van der Waals surface area contributed by atoms with Crippen LogP contribution in [0.2, 0.25) is 0 Å². The zero-order chi connectivity index (χ0) is 22.0. The number of amides is 1. The van der Waals surface area contributed by atoms with Gasteiger partial charge in [0.05, 0.1) is 11.3 Å². The Morgan fingerprint density at radius 3 is 2.71 bits per heavy atom. The lowest BCUT2D eigenvalue weighted by molar-refractivity contribution is -0.763. The number of anilines is 1. The van der Waals surface area contributed by atoms with E-state index in [2.05, 4.69) is 16.7 Å². The van der Waals surface area contributed by atoms with Crippen molar-refractivity contribution in [1.29, 1.82) is 0 Å². The highest BCUT2D eigenvalue weighted by Gasteiger charge is 2.45. The van der Waals surface area contributed by atoms with Crippen molar-refractivity contribution in [2.45, 2.75) is 24.7 Å². The summed E-state index contributed by atoms with van der Waals surface area (Å²) >= 11 is 1.34. The minimum absolute atomic E-state index is 0.0598. The van der Waals surface area contributed by atoms with Gasteiger partial charge >= 0.3 is 11.3 Å². The van der Waals surface area contributed by atoms with Crippen LogP contribution in [0, 0.1) is 0 Å². The fourth-order valence-electron chi connectivity index (χ4n) is 3.70. The van der Waals surface area contributed by atoms with Crippen LogP contribution in [0.4, 0.5) is 5.69 Å². The van der Waals surface area contributed by atoms with Gasteiger partial charge in [-0.25, -0.2) is 4.90 Å². The van der Waals surface area contributed by atoms with Crippen molar-refractivity contribution < 1.29 is 14.2 Å². The minimum Gasteiger partial charge on any atom is -0.490 e. The maximum Gasteiger partial charge on any atom is 0.325 e. The summed E-state index contributed by atoms with van der Waals surface area (Å²) in [7, 11) is 0. The number of thioether (sulfide) groups is 1. The molecule has 1 amide bonds. The average Bonchev–Trinajstić information content (AvgIpc) is 2.81. The highest BCUT2D eigenvalue weighted by Crippen LogP contribution is 2.37. The monoisotopic (exact) mass is 435 g/mol. The predicted molar refractivity (Wildman–Crippen MR) is 120 cm³/mol. The molecule has 0 radical (unpaired) electrons. The molecule has 1 atom stereocenters. The summed E-state index contributed by atoms with van der Waals surface area (Å²) in [6.45, 7) is 5.89. The zero-order valence-electron chi connectivity index (χ0n) is 17.4. The fraction of sp³-hybridized carbons (Fsp3) is 0.217. The summed E-state index contributed by atoms with van der Waals surface area (Å²) in [5.74, 6) is 0.637. The quantitative estimate of drug-likeness (QED) is 0.365. The van der Waals surface area contributed by atoms with Gasteiger partial charge in [-0.05, 0) is 47.3 Å². The van der Waals surface area contributed by atoms with Crippen molar-refractivity contribution in [3.8, 4) is 17.0 Å². The first-order valence-electron chi connectivity index (χ1n) is 9.94. The van der Waals surface area contributed by atoms with Gasteiger partial charge in [-0.2, -0.15) is 0 Å². The number of para-hydroxylation sites is 1. The summed E-state index contributed by atoms with van der Waals surface area (Å²) in [6, 6.07) is 14.9. The van der Waals surface area contributed by atoms with Crippen LogP contribution in [0.5, 0.6) is 5.75 Å². The number of carbonyl (C=O) groups excluding carboxylic acids is 1. The summed E-state index contributed by atoms with van der Waals surface area (Å²) in [4.78, 5) is 30.7. The number of nitrogens with one attached hydrogen (secondary N) is 1. The maximum absolute atomic E-state index is 13.1. The summed E-state index contributed by atoms with van der Waals surface area (Å²) in [6.07, 6.45) is 3.25. The van der Waals surface area contributed by atoms with E-state index >= 15 is 0 Å². The van der Waals surface area contributed by atoms with Crippen molar-refractivity contribution in [1.82, 2.24) is 10.1 Å². The SMILES string of the molecule is C=CCOc1ccc([C@@H]2N(C(=O)CC)c3ccccc3-c3c(=O)[nH]c(SC)n[n+]32)cc1. The van der Waals surface area contributed by atoms with Gasteiger partial charge in [0.15, 0.2) is 0 Å². The maximum atomic E-state index is 13.1. The third-order valence-electron chi connectivity index (χ3n) is 5.07. The number of hydrogen-bond donors (Lipinski definition) is 1. The molecule has 1 N–H and O–H groups in total. The minimum atomic E-state index is -0.598. The largest absolute Gasteiger partial charge is 0.490 e. The van der Waals surface area contributed by atoms with E-state index < -0.39 is 6.17 Å². The van der Waals surface area contributed by atoms with Crippen molar-refractivity contribution in [3.05, 3.63) is 77.1 Å². The molecule has 2 heterocycles. The highest BCUT2D eigenvalue weighted by atomic mass is 32.2. The van der Waals surface area contributed by atoms with E-state index in [0.717, 1.165) is 5.56 Å². The molecule has 1 aliphatic rings. The number of aromatic amines is 1. The van der Waals surface area contributed by atoms with Crippen molar-refractivity contribution in [3.63, 3.8) is 0 Å². The third kappa shape index (κ3) is 3.74. The second kappa shape index (κ2) is 8.77. The Hall–Kier alpha value is -3.39. The van der Waals surface area contributed by atoms with Crippen LogP contribution in [0.1, 0.15) is 25.1 Å². The van der Waals surface area contributed by atoms with E-state index in [0.29, 0.717) is 40.9 Å². The Morgan fingerprint density at radius 2 is 2.03 bits per heavy atom. The molecule has 0 aliphatic carbocycles. The fourth-order valence-corrected chi connectivity index (χ4v) is 4.06. The molecule has 4 rings (SSSR count). The Bertz CT molecular complexity index is 1190. The standard InChI is InChI=1S/C23H22N4O3S/c1-4-14-30-16-12-10-15(11-13-16)22-26(19(28)5-2)18-9-7-6-8-17(18)20-21(29)24-23(31-3)25-27(20)22/h4,6-13,22H,1,5,14H2,2-3H3/p+1/t22-/m1/s1. The van der Waals surface area contributed by atoms with Crippen LogP contribution < -0.4 is 19.9 Å². The Kier molecular flexibility index (Phi) is 5.90. The Balaban J connectivity index is 1.96. The normalized spacial score (nSPS) is 14.5. The van der Waals surface area contributed by atoms with Gasteiger partial charge < -0.3 is 4.74 Å². The second-order valence-corrected chi connectivity index (χ2v) is 7.73. The smallest absolute Gasteiger partial charge is 0.325 e. The highest BCUT2D eigenvalue weighted by molar-refractivity contribution is 7.98. The van der Waals surface area contributed by atoms with E-state index in [-0.39, 0.29) is 11.5 Å². The van der Waals surface area contributed by atoms with Crippen LogP contribution in [-0.2, 0) is 4.79 Å². The lowest BCUT2D eigenvalue weighted by Gasteiger charge is -2.32. The molecule has 7 nitrogen and oxygen atoms in total. The lowest BCUT2D eigenvalue weighted by atomic mass is 10.0. The van der Waals surface area contributed by atoms with Gasteiger partial charge in [-0.1, -0.05) is 43.5 Å². The lowest BCUT2D eigenvalue weighted by Crippen LogP contribution is -2.60. The summed E-state index contributed by atoms with van der Waals surface area (Å²) in [5.41, 5.74) is 2.36. The molecule has 0 unspecified atom stereocenters. The number of benzene rings is 2. The van der Waals surface area contributed by atoms with E-state index in [1.807, 2.05) is 61.7 Å². The number of carbonyl (C=O) groups is 1. The molecular weight excluding hydrogens is 412 g/mol. The number of H-pyrrole nitrogens is 1. The summed E-state index contributed by atoms with van der Waals surface area (Å²) < 4.78 is 7.25. The first-order chi connectivity index (χ1) is 15.1. The molecule has 158 valence electrons. The second-order valence-electron chi connectivity index (χ2n) is 6.93. The zero-order valence-corrected chi connectivity index (χ0v) is 18.2.